The average Bonchev–Trinajstić information content (AvgIpc) is 3.26. The number of hydrogen-bond acceptors (Lipinski definition) is 4. The molecule has 31 heavy (non-hydrogen) atoms. The van der Waals surface area contributed by atoms with E-state index in [2.05, 4.69) is 27.8 Å². The molecule has 1 fully saturated rings. The molecule has 3 rings (SSSR count). The van der Waals surface area contributed by atoms with Crippen molar-refractivity contribution < 1.29 is 14.4 Å². The Morgan fingerprint density at radius 2 is 1.71 bits per heavy atom. The van der Waals surface area contributed by atoms with Gasteiger partial charge in [0.2, 0.25) is 0 Å². The summed E-state index contributed by atoms with van der Waals surface area (Å²) in [6.07, 6.45) is 2.83. The molecule has 0 unspecified atom stereocenters. The maximum absolute atomic E-state index is 12.6. The van der Waals surface area contributed by atoms with Crippen LogP contribution in [0.15, 0.2) is 54.6 Å². The number of amides is 3. The summed E-state index contributed by atoms with van der Waals surface area (Å²) >= 11 is 0. The first kappa shape index (κ1) is 22.5. The summed E-state index contributed by atoms with van der Waals surface area (Å²) in [5.74, 6) is -1.76. The number of carbonyl (C=O) groups is 3. The Kier molecular flexibility index (Phi) is 8.18. The number of hydrogen-bond donors (Lipinski definition) is 3. The maximum Gasteiger partial charge on any atom is 0.313 e. The van der Waals surface area contributed by atoms with Crippen LogP contribution in [0.3, 0.4) is 0 Å². The number of para-hydroxylation sites is 1. The molecule has 2 aromatic rings. The molecule has 0 bridgehead atoms. The monoisotopic (exact) mass is 422 g/mol. The van der Waals surface area contributed by atoms with Gasteiger partial charge in [0.15, 0.2) is 0 Å². The van der Waals surface area contributed by atoms with Gasteiger partial charge in [0.05, 0.1) is 11.3 Å². The van der Waals surface area contributed by atoms with Gasteiger partial charge in [-0.3, -0.25) is 19.3 Å². The molecule has 7 heteroatoms. The summed E-state index contributed by atoms with van der Waals surface area (Å²) in [6.45, 7) is 4.97. The molecule has 164 valence electrons. The third kappa shape index (κ3) is 6.39. The molecule has 1 aliphatic heterocycles. The number of carbonyl (C=O) groups excluding carboxylic acids is 3. The molecule has 0 aliphatic carbocycles. The highest BCUT2D eigenvalue weighted by molar-refractivity contribution is 6.40. The first-order valence-corrected chi connectivity index (χ1v) is 10.8. The standard InChI is InChI=1S/C24H30N4O3/c1-2-28-16-8-11-19(28)17-26-23(30)24(31)27-21-13-7-6-12-20(21)22(29)25-15-14-18-9-4-3-5-10-18/h3-7,9-10,12-13,19H,2,8,11,14-17H2,1H3,(H,25,29)(H,26,30)(H,27,31)/t19-/m0/s1. The zero-order valence-electron chi connectivity index (χ0n) is 17.9. The number of rotatable bonds is 8. The fraction of sp³-hybridized carbons (Fsp3) is 0.375. The van der Waals surface area contributed by atoms with Gasteiger partial charge < -0.3 is 16.0 Å². The average molecular weight is 423 g/mol. The molecule has 0 saturated carbocycles. The summed E-state index contributed by atoms with van der Waals surface area (Å²) in [7, 11) is 0. The van der Waals surface area contributed by atoms with Gasteiger partial charge in [-0.25, -0.2) is 0 Å². The van der Waals surface area contributed by atoms with E-state index in [1.165, 1.54) is 0 Å². The molecule has 1 heterocycles. The van der Waals surface area contributed by atoms with Crippen LogP contribution in [-0.4, -0.2) is 54.8 Å². The second kappa shape index (κ2) is 11.3. The zero-order chi connectivity index (χ0) is 22.1. The van der Waals surface area contributed by atoms with E-state index >= 15 is 0 Å². The molecule has 3 amide bonds. The molecule has 3 N–H and O–H groups in total. The second-order valence-electron chi connectivity index (χ2n) is 7.63. The largest absolute Gasteiger partial charge is 0.352 e. The lowest BCUT2D eigenvalue weighted by molar-refractivity contribution is -0.136. The fourth-order valence-corrected chi connectivity index (χ4v) is 3.86. The van der Waals surface area contributed by atoms with Crippen molar-refractivity contribution in [3.63, 3.8) is 0 Å². The van der Waals surface area contributed by atoms with E-state index in [0.29, 0.717) is 30.8 Å². The van der Waals surface area contributed by atoms with E-state index in [1.54, 1.807) is 24.3 Å². The van der Waals surface area contributed by atoms with E-state index in [-0.39, 0.29) is 11.9 Å². The SMILES string of the molecule is CCN1CCC[C@H]1CNC(=O)C(=O)Nc1ccccc1C(=O)NCCc1ccccc1. The maximum atomic E-state index is 12.6. The van der Waals surface area contributed by atoms with E-state index in [4.69, 9.17) is 0 Å². The van der Waals surface area contributed by atoms with Crippen molar-refractivity contribution in [3.8, 4) is 0 Å². The van der Waals surface area contributed by atoms with Crippen LogP contribution in [0.2, 0.25) is 0 Å². The van der Waals surface area contributed by atoms with Crippen LogP contribution in [0.25, 0.3) is 0 Å². The first-order valence-electron chi connectivity index (χ1n) is 10.8. The highest BCUT2D eigenvalue weighted by Gasteiger charge is 2.25. The fourth-order valence-electron chi connectivity index (χ4n) is 3.86. The number of likely N-dealkylation sites (N-methyl/N-ethyl adjacent to an activating group) is 1. The normalized spacial score (nSPS) is 16.0. The summed E-state index contributed by atoms with van der Waals surface area (Å²) in [6, 6.07) is 16.8. The molecular weight excluding hydrogens is 392 g/mol. The van der Waals surface area contributed by atoms with Crippen LogP contribution < -0.4 is 16.0 Å². The molecule has 1 atom stereocenters. The number of benzene rings is 2. The first-order chi connectivity index (χ1) is 15.1. The summed E-state index contributed by atoms with van der Waals surface area (Å²) in [5.41, 5.74) is 1.77. The van der Waals surface area contributed by atoms with E-state index < -0.39 is 11.8 Å². The highest BCUT2D eigenvalue weighted by atomic mass is 16.2. The van der Waals surface area contributed by atoms with Crippen LogP contribution in [0.4, 0.5) is 5.69 Å². The minimum atomic E-state index is -0.773. The Morgan fingerprint density at radius 1 is 0.968 bits per heavy atom. The summed E-state index contributed by atoms with van der Waals surface area (Å²) in [4.78, 5) is 39.5. The van der Waals surface area contributed by atoms with Gasteiger partial charge in [0.1, 0.15) is 0 Å². The third-order valence-electron chi connectivity index (χ3n) is 5.57. The molecule has 7 nitrogen and oxygen atoms in total. The molecule has 2 aromatic carbocycles. The molecule has 0 radical (unpaired) electrons. The van der Waals surface area contributed by atoms with Crippen molar-refractivity contribution in [2.75, 3.05) is 31.5 Å². The molecule has 1 aliphatic rings. The number of nitrogens with zero attached hydrogens (tertiary/aromatic N) is 1. The number of anilines is 1. The Balaban J connectivity index is 1.52. The van der Waals surface area contributed by atoms with Crippen molar-refractivity contribution >= 4 is 23.4 Å². The van der Waals surface area contributed by atoms with E-state index in [9.17, 15) is 14.4 Å². The van der Waals surface area contributed by atoms with Crippen molar-refractivity contribution in [1.29, 1.82) is 0 Å². The zero-order valence-corrected chi connectivity index (χ0v) is 17.9. The topological polar surface area (TPSA) is 90.5 Å². The second-order valence-corrected chi connectivity index (χ2v) is 7.63. The number of likely N-dealkylation sites (tertiary alicyclic amines) is 1. The smallest absolute Gasteiger partial charge is 0.313 e. The lowest BCUT2D eigenvalue weighted by Gasteiger charge is -2.22. The van der Waals surface area contributed by atoms with Gasteiger partial charge in [-0.15, -0.1) is 0 Å². The third-order valence-corrected chi connectivity index (χ3v) is 5.57. The van der Waals surface area contributed by atoms with Gasteiger partial charge in [-0.1, -0.05) is 49.4 Å². The van der Waals surface area contributed by atoms with Crippen LogP contribution in [-0.2, 0) is 16.0 Å². The lowest BCUT2D eigenvalue weighted by Crippen LogP contribution is -2.43. The molecule has 1 saturated heterocycles. The summed E-state index contributed by atoms with van der Waals surface area (Å²) < 4.78 is 0. The van der Waals surface area contributed by atoms with Gasteiger partial charge >= 0.3 is 11.8 Å². The van der Waals surface area contributed by atoms with Gasteiger partial charge in [-0.2, -0.15) is 0 Å². The Morgan fingerprint density at radius 3 is 2.48 bits per heavy atom. The Labute approximate surface area is 183 Å². The van der Waals surface area contributed by atoms with Gasteiger partial charge in [0, 0.05) is 19.1 Å². The van der Waals surface area contributed by atoms with Crippen LogP contribution in [0.1, 0.15) is 35.7 Å². The van der Waals surface area contributed by atoms with E-state index in [0.717, 1.165) is 31.5 Å². The van der Waals surface area contributed by atoms with Crippen molar-refractivity contribution in [2.24, 2.45) is 0 Å². The van der Waals surface area contributed by atoms with Gasteiger partial charge in [-0.05, 0) is 50.0 Å². The minimum Gasteiger partial charge on any atom is -0.352 e. The quantitative estimate of drug-likeness (QED) is 0.569. The predicted molar refractivity (Wildman–Crippen MR) is 121 cm³/mol. The van der Waals surface area contributed by atoms with Gasteiger partial charge in [0.25, 0.3) is 5.91 Å². The molecule has 0 spiro atoms. The van der Waals surface area contributed by atoms with Crippen LogP contribution in [0, 0.1) is 0 Å². The predicted octanol–water partition coefficient (Wildman–Crippen LogP) is 2.20. The van der Waals surface area contributed by atoms with Crippen molar-refractivity contribution in [3.05, 3.63) is 65.7 Å². The minimum absolute atomic E-state index is 0.268. The molecule has 0 aromatic heterocycles. The van der Waals surface area contributed by atoms with E-state index in [1.807, 2.05) is 30.3 Å². The Hall–Kier alpha value is -3.19. The molecular formula is C24H30N4O3. The number of nitrogens with one attached hydrogen (secondary N) is 3. The van der Waals surface area contributed by atoms with Crippen LogP contribution in [0.5, 0.6) is 0 Å². The van der Waals surface area contributed by atoms with Crippen molar-refractivity contribution in [2.45, 2.75) is 32.2 Å². The highest BCUT2D eigenvalue weighted by Crippen LogP contribution is 2.16. The van der Waals surface area contributed by atoms with Crippen molar-refractivity contribution in [1.82, 2.24) is 15.5 Å². The Bertz CT molecular complexity index is 901. The van der Waals surface area contributed by atoms with Crippen LogP contribution >= 0.6 is 0 Å². The summed E-state index contributed by atoms with van der Waals surface area (Å²) in [5, 5.41) is 8.16. The lowest BCUT2D eigenvalue weighted by atomic mass is 10.1.